The van der Waals surface area contributed by atoms with Crippen molar-refractivity contribution in [3.63, 3.8) is 0 Å². The monoisotopic (exact) mass is 388 g/mol. The fourth-order valence-electron chi connectivity index (χ4n) is 3.45. The summed E-state index contributed by atoms with van der Waals surface area (Å²) in [6.45, 7) is 8.32. The van der Waals surface area contributed by atoms with Gasteiger partial charge in [-0.1, -0.05) is 19.1 Å². The molecule has 0 aliphatic heterocycles. The Labute approximate surface area is 167 Å². The molecule has 0 saturated heterocycles. The molecule has 6 heteroatoms. The maximum Gasteiger partial charge on any atom is 0.118 e. The van der Waals surface area contributed by atoms with Crippen LogP contribution in [0.4, 0.5) is 0 Å². The molecule has 0 aliphatic carbocycles. The third kappa shape index (κ3) is 4.72. The topological polar surface area (TPSA) is 44.9 Å². The molecule has 0 amide bonds. The van der Waals surface area contributed by atoms with Crippen molar-refractivity contribution in [2.75, 3.05) is 7.11 Å². The minimum Gasteiger partial charge on any atom is -0.497 e. The summed E-state index contributed by atoms with van der Waals surface area (Å²) >= 11 is 0. The van der Waals surface area contributed by atoms with Gasteiger partial charge in [-0.3, -0.25) is 4.68 Å². The van der Waals surface area contributed by atoms with Crippen LogP contribution in [0.25, 0.3) is 11.3 Å². The predicted octanol–water partition coefficient (Wildman–Crippen LogP) is 4.84. The van der Waals surface area contributed by atoms with Crippen LogP contribution >= 0.6 is 12.4 Å². The Kier molecular flexibility index (Phi) is 7.48. The van der Waals surface area contributed by atoms with Crippen molar-refractivity contribution in [1.29, 1.82) is 0 Å². The van der Waals surface area contributed by atoms with Crippen LogP contribution < -0.4 is 4.74 Å². The van der Waals surface area contributed by atoms with Crippen LogP contribution in [0, 0.1) is 13.8 Å². The third-order valence-corrected chi connectivity index (χ3v) is 4.81. The third-order valence-electron chi connectivity index (χ3n) is 4.81. The molecule has 2 heterocycles. The van der Waals surface area contributed by atoms with Crippen molar-refractivity contribution in [2.45, 2.75) is 53.1 Å². The van der Waals surface area contributed by atoms with E-state index in [0.717, 1.165) is 49.5 Å². The number of rotatable bonds is 8. The second-order valence-corrected chi connectivity index (χ2v) is 6.69. The molecule has 0 radical (unpaired) electrons. The molecule has 2 aromatic heterocycles. The van der Waals surface area contributed by atoms with Gasteiger partial charge in [-0.2, -0.15) is 5.10 Å². The van der Waals surface area contributed by atoms with E-state index in [2.05, 4.69) is 47.1 Å². The van der Waals surface area contributed by atoms with Gasteiger partial charge < -0.3 is 9.30 Å². The van der Waals surface area contributed by atoms with Crippen molar-refractivity contribution in [2.24, 2.45) is 0 Å². The van der Waals surface area contributed by atoms with Gasteiger partial charge in [0.1, 0.15) is 5.75 Å². The molecule has 0 aliphatic rings. The number of hydrogen-bond acceptors (Lipinski definition) is 3. The molecule has 0 fully saturated rings. The van der Waals surface area contributed by atoms with Gasteiger partial charge in [0, 0.05) is 24.3 Å². The summed E-state index contributed by atoms with van der Waals surface area (Å²) in [5, 5.41) is 4.70. The van der Waals surface area contributed by atoms with Crippen molar-refractivity contribution < 1.29 is 4.74 Å². The summed E-state index contributed by atoms with van der Waals surface area (Å²) in [4.78, 5) is 4.39. The minimum absolute atomic E-state index is 0. The van der Waals surface area contributed by atoms with E-state index in [-0.39, 0.29) is 12.4 Å². The lowest BCUT2D eigenvalue weighted by Crippen LogP contribution is -2.03. The standard InChI is InChI=1S/C21H28N4O.ClH/c1-5-12-25-17(3)21(16(2)23-25)20-14-22-15-24(20)13-6-7-18-8-10-19(26-4)11-9-18;/h8-11,14-15H,5-7,12-13H2,1-4H3;1H. The van der Waals surface area contributed by atoms with Gasteiger partial charge in [-0.05, 0) is 50.8 Å². The van der Waals surface area contributed by atoms with Crippen LogP contribution in [-0.2, 0) is 19.5 Å². The zero-order chi connectivity index (χ0) is 18.5. The van der Waals surface area contributed by atoms with Crippen LogP contribution in [0.5, 0.6) is 5.75 Å². The molecular formula is C21H29ClN4O. The van der Waals surface area contributed by atoms with E-state index in [4.69, 9.17) is 9.84 Å². The number of aryl methyl sites for hydroxylation is 4. The van der Waals surface area contributed by atoms with E-state index in [0.29, 0.717) is 0 Å². The van der Waals surface area contributed by atoms with Gasteiger partial charge in [0.05, 0.1) is 31.0 Å². The molecule has 0 N–H and O–H groups in total. The zero-order valence-electron chi connectivity index (χ0n) is 16.6. The summed E-state index contributed by atoms with van der Waals surface area (Å²) in [5.74, 6) is 0.903. The Bertz CT molecular complexity index is 852. The molecule has 0 bridgehead atoms. The number of imidazole rings is 1. The number of aromatic nitrogens is 4. The molecule has 0 atom stereocenters. The average Bonchev–Trinajstić information content (AvgIpc) is 3.20. The van der Waals surface area contributed by atoms with Crippen molar-refractivity contribution in [3.05, 3.63) is 53.7 Å². The molecule has 3 rings (SSSR count). The van der Waals surface area contributed by atoms with E-state index >= 15 is 0 Å². The highest BCUT2D eigenvalue weighted by molar-refractivity contribution is 5.85. The van der Waals surface area contributed by atoms with Crippen LogP contribution in [0.1, 0.15) is 36.7 Å². The number of benzene rings is 1. The zero-order valence-corrected chi connectivity index (χ0v) is 17.4. The Morgan fingerprint density at radius 3 is 2.48 bits per heavy atom. The van der Waals surface area contributed by atoms with E-state index in [1.807, 2.05) is 24.7 Å². The highest BCUT2D eigenvalue weighted by atomic mass is 35.5. The normalized spacial score (nSPS) is 10.7. The number of methoxy groups -OCH3 is 1. The van der Waals surface area contributed by atoms with E-state index < -0.39 is 0 Å². The van der Waals surface area contributed by atoms with Crippen LogP contribution in [-0.4, -0.2) is 26.4 Å². The Morgan fingerprint density at radius 2 is 1.81 bits per heavy atom. The van der Waals surface area contributed by atoms with Crippen LogP contribution in [0.15, 0.2) is 36.8 Å². The molecule has 3 aromatic rings. The number of ether oxygens (including phenoxy) is 1. The quantitative estimate of drug-likeness (QED) is 0.554. The number of halogens is 1. The van der Waals surface area contributed by atoms with Gasteiger partial charge in [0.2, 0.25) is 0 Å². The molecule has 146 valence electrons. The Balaban J connectivity index is 0.00000261. The maximum absolute atomic E-state index is 5.22. The van der Waals surface area contributed by atoms with E-state index in [9.17, 15) is 0 Å². The summed E-state index contributed by atoms with van der Waals surface area (Å²) in [6.07, 6.45) is 7.08. The molecule has 5 nitrogen and oxygen atoms in total. The second kappa shape index (κ2) is 9.60. The first-order valence-electron chi connectivity index (χ1n) is 9.31. The maximum atomic E-state index is 5.22. The largest absolute Gasteiger partial charge is 0.497 e. The van der Waals surface area contributed by atoms with Crippen molar-refractivity contribution in [1.82, 2.24) is 19.3 Å². The Hall–Kier alpha value is -2.27. The summed E-state index contributed by atoms with van der Waals surface area (Å²) in [6, 6.07) is 8.31. The lowest BCUT2D eigenvalue weighted by Gasteiger charge is -2.09. The van der Waals surface area contributed by atoms with Crippen molar-refractivity contribution >= 4 is 12.4 Å². The highest BCUT2D eigenvalue weighted by Gasteiger charge is 2.16. The molecule has 0 saturated carbocycles. The molecule has 0 unspecified atom stereocenters. The summed E-state index contributed by atoms with van der Waals surface area (Å²) in [7, 11) is 1.70. The lowest BCUT2D eigenvalue weighted by molar-refractivity contribution is 0.414. The molecular weight excluding hydrogens is 360 g/mol. The lowest BCUT2D eigenvalue weighted by atomic mass is 10.1. The first kappa shape index (κ1) is 21.0. The minimum atomic E-state index is 0. The SMILES string of the molecule is CCCn1nc(C)c(-c2cncn2CCCc2ccc(OC)cc2)c1C.Cl. The van der Waals surface area contributed by atoms with Gasteiger partial charge in [0.15, 0.2) is 0 Å². The second-order valence-electron chi connectivity index (χ2n) is 6.69. The van der Waals surface area contributed by atoms with Gasteiger partial charge >= 0.3 is 0 Å². The van der Waals surface area contributed by atoms with Gasteiger partial charge in [-0.15, -0.1) is 12.4 Å². The fraction of sp³-hybridized carbons (Fsp3) is 0.429. The number of nitrogens with zero attached hydrogens (tertiary/aromatic N) is 4. The summed E-state index contributed by atoms with van der Waals surface area (Å²) in [5.41, 5.74) is 6.02. The van der Waals surface area contributed by atoms with Crippen LogP contribution in [0.3, 0.4) is 0 Å². The van der Waals surface area contributed by atoms with E-state index in [1.54, 1.807) is 7.11 Å². The molecule has 27 heavy (non-hydrogen) atoms. The van der Waals surface area contributed by atoms with Crippen molar-refractivity contribution in [3.8, 4) is 17.0 Å². The predicted molar refractivity (Wildman–Crippen MR) is 112 cm³/mol. The van der Waals surface area contributed by atoms with Crippen LogP contribution in [0.2, 0.25) is 0 Å². The van der Waals surface area contributed by atoms with Gasteiger partial charge in [0.25, 0.3) is 0 Å². The highest BCUT2D eigenvalue weighted by Crippen LogP contribution is 2.27. The molecule has 1 aromatic carbocycles. The fourth-order valence-corrected chi connectivity index (χ4v) is 3.45. The first-order chi connectivity index (χ1) is 12.6. The first-order valence-corrected chi connectivity index (χ1v) is 9.31. The average molecular weight is 389 g/mol. The summed E-state index contributed by atoms with van der Waals surface area (Å²) < 4.78 is 9.58. The van der Waals surface area contributed by atoms with Gasteiger partial charge in [-0.25, -0.2) is 4.98 Å². The number of hydrogen-bond donors (Lipinski definition) is 0. The Morgan fingerprint density at radius 1 is 1.07 bits per heavy atom. The smallest absolute Gasteiger partial charge is 0.118 e. The molecule has 0 spiro atoms. The van der Waals surface area contributed by atoms with E-state index in [1.165, 1.54) is 16.8 Å².